The lowest BCUT2D eigenvalue weighted by Crippen LogP contribution is -1.93. The van der Waals surface area contributed by atoms with E-state index >= 15 is 0 Å². The molecule has 0 amide bonds. The van der Waals surface area contributed by atoms with Gasteiger partial charge in [0.25, 0.3) is 0 Å². The summed E-state index contributed by atoms with van der Waals surface area (Å²) in [6.45, 7) is 8.04. The molecule has 3 heteroatoms. The predicted molar refractivity (Wildman–Crippen MR) is 61.3 cm³/mol. The summed E-state index contributed by atoms with van der Waals surface area (Å²) in [5.41, 5.74) is 5.13. The Morgan fingerprint density at radius 1 is 1.00 bits per heavy atom. The van der Waals surface area contributed by atoms with Gasteiger partial charge in [-0.05, 0) is 44.4 Å². The second-order valence-electron chi connectivity index (χ2n) is 4.16. The fraction of sp³-hybridized carbons (Fsp3) is 0.417. The normalized spacial score (nSPS) is 11.3. The molecule has 0 radical (unpaired) electrons. The number of phenolic OH excluding ortho intramolecular Hbond substituents is 1. The Hall–Kier alpha value is -1.51. The average Bonchev–Trinajstić information content (AvgIpc) is 2.47. The molecule has 0 saturated carbocycles. The highest BCUT2D eigenvalue weighted by Gasteiger charge is 2.16. The maximum atomic E-state index is 10.1. The van der Waals surface area contributed by atoms with Gasteiger partial charge in [0, 0.05) is 12.4 Å². The number of hydrogen-bond donors (Lipinski definition) is 1. The number of hydrogen-bond acceptors (Lipinski definition) is 2. The fourth-order valence-electron chi connectivity index (χ4n) is 2.20. The number of rotatable bonds is 0. The Kier molecular flexibility index (Phi) is 2.00. The molecular formula is C12H16N2O. The molecule has 2 aromatic rings. The molecule has 80 valence electrons. The minimum atomic E-state index is 0.358. The van der Waals surface area contributed by atoms with Crippen molar-refractivity contribution in [3.63, 3.8) is 0 Å². The number of benzene rings is 1. The Balaban J connectivity index is 3.10. The second-order valence-corrected chi connectivity index (χ2v) is 4.16. The van der Waals surface area contributed by atoms with Gasteiger partial charge in [-0.25, -0.2) is 0 Å². The molecule has 1 N–H and O–H groups in total. The van der Waals surface area contributed by atoms with Gasteiger partial charge in [0.05, 0.1) is 5.69 Å². The monoisotopic (exact) mass is 204 g/mol. The molecule has 1 heterocycles. The van der Waals surface area contributed by atoms with Crippen LogP contribution in [0.2, 0.25) is 0 Å². The molecule has 0 saturated heterocycles. The minimum Gasteiger partial charge on any atom is -0.505 e. The summed E-state index contributed by atoms with van der Waals surface area (Å²) in [6, 6.07) is 0. The number of nitrogens with zero attached hydrogens (tertiary/aromatic N) is 2. The molecule has 2 rings (SSSR count). The summed E-state index contributed by atoms with van der Waals surface area (Å²) in [7, 11) is 1.86. The first-order chi connectivity index (χ1) is 6.95. The zero-order valence-electron chi connectivity index (χ0n) is 9.84. The second kappa shape index (κ2) is 2.99. The van der Waals surface area contributed by atoms with E-state index in [1.807, 2.05) is 27.8 Å². The molecule has 0 atom stereocenters. The lowest BCUT2D eigenvalue weighted by Gasteiger charge is -2.10. The number of aromatic nitrogens is 2. The van der Waals surface area contributed by atoms with Crippen LogP contribution in [0, 0.1) is 27.7 Å². The summed E-state index contributed by atoms with van der Waals surface area (Å²) in [6.07, 6.45) is 0. The third-order valence-electron chi connectivity index (χ3n) is 3.30. The molecule has 0 fully saturated rings. The lowest BCUT2D eigenvalue weighted by molar-refractivity contribution is 0.473. The van der Waals surface area contributed by atoms with E-state index in [1.165, 1.54) is 5.56 Å². The first-order valence-corrected chi connectivity index (χ1v) is 5.07. The van der Waals surface area contributed by atoms with E-state index < -0.39 is 0 Å². The first-order valence-electron chi connectivity index (χ1n) is 5.07. The summed E-state index contributed by atoms with van der Waals surface area (Å²) in [4.78, 5) is 0. The lowest BCUT2D eigenvalue weighted by atomic mass is 9.98. The Morgan fingerprint density at radius 3 is 2.20 bits per heavy atom. The van der Waals surface area contributed by atoms with Crippen LogP contribution in [0.15, 0.2) is 0 Å². The van der Waals surface area contributed by atoms with Gasteiger partial charge in [0.15, 0.2) is 0 Å². The van der Waals surface area contributed by atoms with Crippen LogP contribution < -0.4 is 0 Å². The van der Waals surface area contributed by atoms with Gasteiger partial charge in [-0.15, -0.1) is 0 Å². The Morgan fingerprint density at radius 2 is 1.60 bits per heavy atom. The maximum absolute atomic E-state index is 10.1. The van der Waals surface area contributed by atoms with Crippen LogP contribution in [0.4, 0.5) is 0 Å². The summed E-state index contributed by atoms with van der Waals surface area (Å²) < 4.78 is 1.75. The molecular weight excluding hydrogens is 188 g/mol. The molecule has 1 aromatic heterocycles. The van der Waals surface area contributed by atoms with Crippen molar-refractivity contribution in [2.45, 2.75) is 27.7 Å². The van der Waals surface area contributed by atoms with Crippen molar-refractivity contribution in [2.24, 2.45) is 7.05 Å². The molecule has 0 aliphatic rings. The van der Waals surface area contributed by atoms with Gasteiger partial charge in [-0.2, -0.15) is 5.10 Å². The van der Waals surface area contributed by atoms with Gasteiger partial charge >= 0.3 is 0 Å². The summed E-state index contributed by atoms with van der Waals surface area (Å²) in [5, 5.41) is 15.5. The largest absolute Gasteiger partial charge is 0.505 e. The topological polar surface area (TPSA) is 38.1 Å². The molecule has 15 heavy (non-hydrogen) atoms. The third kappa shape index (κ3) is 1.16. The Labute approximate surface area is 89.3 Å². The number of phenols is 1. The fourth-order valence-corrected chi connectivity index (χ4v) is 2.20. The average molecular weight is 204 g/mol. The van der Waals surface area contributed by atoms with Gasteiger partial charge in [-0.1, -0.05) is 0 Å². The highest BCUT2D eigenvalue weighted by molar-refractivity contribution is 5.92. The van der Waals surface area contributed by atoms with Crippen molar-refractivity contribution in [3.8, 4) is 5.75 Å². The summed E-state index contributed by atoms with van der Waals surface area (Å²) in [5.74, 6) is 0.358. The van der Waals surface area contributed by atoms with Crippen molar-refractivity contribution in [2.75, 3.05) is 0 Å². The minimum absolute atomic E-state index is 0.358. The van der Waals surface area contributed by atoms with Crippen molar-refractivity contribution in [3.05, 3.63) is 22.4 Å². The molecule has 1 aromatic carbocycles. The van der Waals surface area contributed by atoms with E-state index in [0.717, 1.165) is 27.7 Å². The number of aromatic hydroxyl groups is 1. The van der Waals surface area contributed by atoms with Crippen molar-refractivity contribution >= 4 is 10.9 Å². The molecule has 3 nitrogen and oxygen atoms in total. The molecule has 0 spiro atoms. The predicted octanol–water partition coefficient (Wildman–Crippen LogP) is 2.51. The van der Waals surface area contributed by atoms with Crippen LogP contribution in [-0.2, 0) is 7.05 Å². The zero-order chi connectivity index (χ0) is 11.3. The third-order valence-corrected chi connectivity index (χ3v) is 3.30. The van der Waals surface area contributed by atoms with Gasteiger partial charge in [0.2, 0.25) is 0 Å². The van der Waals surface area contributed by atoms with E-state index in [4.69, 9.17) is 0 Å². The maximum Gasteiger partial charge on any atom is 0.144 e. The van der Waals surface area contributed by atoms with Crippen LogP contribution in [0.1, 0.15) is 22.4 Å². The van der Waals surface area contributed by atoms with E-state index in [1.54, 1.807) is 4.68 Å². The van der Waals surface area contributed by atoms with E-state index in [2.05, 4.69) is 12.0 Å². The van der Waals surface area contributed by atoms with Crippen LogP contribution in [-0.4, -0.2) is 14.9 Å². The Bertz CT molecular complexity index is 505. The molecule has 0 aliphatic carbocycles. The highest BCUT2D eigenvalue weighted by Crippen LogP contribution is 2.35. The van der Waals surface area contributed by atoms with Crippen molar-refractivity contribution in [1.82, 2.24) is 9.78 Å². The van der Waals surface area contributed by atoms with Gasteiger partial charge in [0.1, 0.15) is 11.3 Å². The van der Waals surface area contributed by atoms with Crippen LogP contribution in [0.3, 0.4) is 0 Å². The van der Waals surface area contributed by atoms with E-state index in [0.29, 0.717) is 5.75 Å². The molecule has 0 bridgehead atoms. The zero-order valence-corrected chi connectivity index (χ0v) is 9.84. The van der Waals surface area contributed by atoms with Gasteiger partial charge < -0.3 is 5.11 Å². The smallest absolute Gasteiger partial charge is 0.144 e. The van der Waals surface area contributed by atoms with Crippen molar-refractivity contribution < 1.29 is 5.11 Å². The van der Waals surface area contributed by atoms with Crippen LogP contribution in [0.25, 0.3) is 10.9 Å². The van der Waals surface area contributed by atoms with Gasteiger partial charge in [-0.3, -0.25) is 4.68 Å². The van der Waals surface area contributed by atoms with E-state index in [-0.39, 0.29) is 0 Å². The standard InChI is InChI=1S/C12H16N2O/c1-6-7(2)10-9(4)13-14(5)11(10)12(15)8(6)3/h15H,1-5H3. The molecule has 0 unspecified atom stereocenters. The van der Waals surface area contributed by atoms with Crippen LogP contribution >= 0.6 is 0 Å². The van der Waals surface area contributed by atoms with E-state index in [9.17, 15) is 5.11 Å². The number of fused-ring (bicyclic) bond motifs is 1. The van der Waals surface area contributed by atoms with Crippen LogP contribution in [0.5, 0.6) is 5.75 Å². The SMILES string of the molecule is Cc1c(C)c(O)c2c(c(C)nn2C)c1C. The first kappa shape index (κ1) is 10.0. The van der Waals surface area contributed by atoms with Crippen molar-refractivity contribution in [1.29, 1.82) is 0 Å². The number of aryl methyl sites for hydroxylation is 3. The highest BCUT2D eigenvalue weighted by atomic mass is 16.3. The quantitative estimate of drug-likeness (QED) is 0.716. The summed E-state index contributed by atoms with van der Waals surface area (Å²) >= 11 is 0. The molecule has 0 aliphatic heterocycles.